The van der Waals surface area contributed by atoms with Crippen LogP contribution in [0.1, 0.15) is 0 Å². The lowest BCUT2D eigenvalue weighted by Gasteiger charge is -2.15. The standard InChI is InChI=1S/C24H18O3/c1-26-22-12-15(25)11-21-19-10-9-17-16-6-4-3-5-14(16)7-8-18(17)20(19)13-23(27-2)24(21)22/h3-13,25H,1-2H3. The molecule has 0 atom stereocenters. The van der Waals surface area contributed by atoms with Gasteiger partial charge in [-0.25, -0.2) is 0 Å². The first-order valence-corrected chi connectivity index (χ1v) is 8.83. The number of hydrogen-bond donors (Lipinski definition) is 1. The van der Waals surface area contributed by atoms with E-state index in [9.17, 15) is 5.11 Å². The average Bonchev–Trinajstić information content (AvgIpc) is 2.71. The van der Waals surface area contributed by atoms with E-state index >= 15 is 0 Å². The Morgan fingerprint density at radius 2 is 1.22 bits per heavy atom. The molecule has 5 aromatic carbocycles. The molecule has 132 valence electrons. The van der Waals surface area contributed by atoms with Crippen molar-refractivity contribution in [2.45, 2.75) is 0 Å². The second kappa shape index (κ2) is 5.78. The molecule has 0 radical (unpaired) electrons. The fourth-order valence-corrected chi connectivity index (χ4v) is 4.09. The highest BCUT2D eigenvalue weighted by Gasteiger charge is 2.15. The molecule has 0 aromatic heterocycles. The molecule has 5 aromatic rings. The summed E-state index contributed by atoms with van der Waals surface area (Å²) in [6, 6.07) is 22.4. The van der Waals surface area contributed by atoms with Gasteiger partial charge in [-0.1, -0.05) is 48.5 Å². The highest BCUT2D eigenvalue weighted by Crippen LogP contribution is 2.43. The predicted molar refractivity (Wildman–Crippen MR) is 111 cm³/mol. The molecule has 0 heterocycles. The van der Waals surface area contributed by atoms with E-state index < -0.39 is 0 Å². The highest BCUT2D eigenvalue weighted by molar-refractivity contribution is 6.24. The first-order chi connectivity index (χ1) is 13.2. The van der Waals surface area contributed by atoms with Crippen LogP contribution in [0.3, 0.4) is 0 Å². The first kappa shape index (κ1) is 15.8. The van der Waals surface area contributed by atoms with Gasteiger partial charge in [0.1, 0.15) is 17.2 Å². The Labute approximate surface area is 156 Å². The number of ether oxygens (including phenoxy) is 2. The Kier molecular flexibility index (Phi) is 3.37. The highest BCUT2D eigenvalue weighted by atomic mass is 16.5. The van der Waals surface area contributed by atoms with Gasteiger partial charge in [0.2, 0.25) is 0 Å². The number of hydrogen-bond acceptors (Lipinski definition) is 3. The van der Waals surface area contributed by atoms with Crippen LogP contribution in [0.15, 0.2) is 66.7 Å². The van der Waals surface area contributed by atoms with Crippen molar-refractivity contribution in [1.82, 2.24) is 0 Å². The van der Waals surface area contributed by atoms with E-state index in [0.717, 1.165) is 32.7 Å². The summed E-state index contributed by atoms with van der Waals surface area (Å²) in [6.07, 6.45) is 0. The molecular formula is C24H18O3. The smallest absolute Gasteiger partial charge is 0.134 e. The molecule has 5 rings (SSSR count). The van der Waals surface area contributed by atoms with Crippen molar-refractivity contribution < 1.29 is 14.6 Å². The molecule has 0 amide bonds. The molecule has 0 aliphatic heterocycles. The topological polar surface area (TPSA) is 38.7 Å². The van der Waals surface area contributed by atoms with Gasteiger partial charge >= 0.3 is 0 Å². The Balaban J connectivity index is 2.03. The Hall–Kier alpha value is -3.46. The molecule has 0 fully saturated rings. The first-order valence-electron chi connectivity index (χ1n) is 8.83. The van der Waals surface area contributed by atoms with Crippen LogP contribution in [0.5, 0.6) is 17.2 Å². The number of methoxy groups -OCH3 is 2. The van der Waals surface area contributed by atoms with E-state index in [1.54, 1.807) is 26.4 Å². The monoisotopic (exact) mass is 354 g/mol. The van der Waals surface area contributed by atoms with E-state index in [0.29, 0.717) is 5.75 Å². The third kappa shape index (κ3) is 2.21. The molecule has 0 aliphatic carbocycles. The fraction of sp³-hybridized carbons (Fsp3) is 0.0833. The summed E-state index contributed by atoms with van der Waals surface area (Å²) < 4.78 is 11.2. The second-order valence-corrected chi connectivity index (χ2v) is 6.69. The van der Waals surface area contributed by atoms with Gasteiger partial charge in [-0.3, -0.25) is 0 Å². The Bertz CT molecular complexity index is 1350. The van der Waals surface area contributed by atoms with Crippen LogP contribution >= 0.6 is 0 Å². The largest absolute Gasteiger partial charge is 0.508 e. The predicted octanol–water partition coefficient (Wildman–Crippen LogP) is 6.02. The third-order valence-electron chi connectivity index (χ3n) is 5.31. The van der Waals surface area contributed by atoms with E-state index in [1.165, 1.54) is 16.2 Å². The Morgan fingerprint density at radius 3 is 2.00 bits per heavy atom. The zero-order chi connectivity index (χ0) is 18.5. The summed E-state index contributed by atoms with van der Waals surface area (Å²) in [5, 5.41) is 18.9. The lowest BCUT2D eigenvalue weighted by atomic mass is 9.93. The molecule has 0 spiro atoms. The van der Waals surface area contributed by atoms with Gasteiger partial charge < -0.3 is 14.6 Å². The SMILES string of the molecule is COc1cc(O)cc2c1c(OC)cc1c2ccc2c3ccccc3ccc21. The van der Waals surface area contributed by atoms with E-state index in [4.69, 9.17) is 9.47 Å². The van der Waals surface area contributed by atoms with Crippen molar-refractivity contribution in [3.05, 3.63) is 66.7 Å². The normalized spacial score (nSPS) is 11.5. The van der Waals surface area contributed by atoms with Crippen molar-refractivity contribution in [3.8, 4) is 17.2 Å². The number of aromatic hydroxyl groups is 1. The summed E-state index contributed by atoms with van der Waals surface area (Å²) in [6.45, 7) is 0. The zero-order valence-electron chi connectivity index (χ0n) is 15.1. The molecule has 0 bridgehead atoms. The molecule has 0 unspecified atom stereocenters. The van der Waals surface area contributed by atoms with Gasteiger partial charge in [-0.2, -0.15) is 0 Å². The lowest BCUT2D eigenvalue weighted by molar-refractivity contribution is 0.401. The van der Waals surface area contributed by atoms with Crippen LogP contribution in [-0.4, -0.2) is 19.3 Å². The number of phenols is 1. The van der Waals surface area contributed by atoms with Crippen molar-refractivity contribution in [1.29, 1.82) is 0 Å². The summed E-state index contributed by atoms with van der Waals surface area (Å²) in [5.74, 6) is 1.50. The van der Waals surface area contributed by atoms with Crippen LogP contribution in [0, 0.1) is 0 Å². The molecule has 27 heavy (non-hydrogen) atoms. The van der Waals surface area contributed by atoms with E-state index in [2.05, 4.69) is 54.6 Å². The molecular weight excluding hydrogens is 336 g/mol. The zero-order valence-corrected chi connectivity index (χ0v) is 15.1. The van der Waals surface area contributed by atoms with Gasteiger partial charge in [-0.05, 0) is 44.5 Å². The minimum atomic E-state index is 0.174. The second-order valence-electron chi connectivity index (χ2n) is 6.69. The van der Waals surface area contributed by atoms with Gasteiger partial charge in [0, 0.05) is 11.5 Å². The lowest BCUT2D eigenvalue weighted by Crippen LogP contribution is -1.92. The minimum absolute atomic E-state index is 0.174. The molecule has 3 nitrogen and oxygen atoms in total. The average molecular weight is 354 g/mol. The van der Waals surface area contributed by atoms with Gasteiger partial charge in [0.25, 0.3) is 0 Å². The maximum atomic E-state index is 10.2. The van der Waals surface area contributed by atoms with Gasteiger partial charge in [0.05, 0.1) is 19.6 Å². The van der Waals surface area contributed by atoms with Gasteiger partial charge in [-0.15, -0.1) is 0 Å². The number of rotatable bonds is 2. The third-order valence-corrected chi connectivity index (χ3v) is 5.31. The summed E-state index contributed by atoms with van der Waals surface area (Å²) in [4.78, 5) is 0. The molecule has 0 saturated carbocycles. The summed E-state index contributed by atoms with van der Waals surface area (Å²) in [5.41, 5.74) is 0. The quantitative estimate of drug-likeness (QED) is 0.394. The number of benzene rings is 5. The van der Waals surface area contributed by atoms with Crippen LogP contribution in [-0.2, 0) is 0 Å². The van der Waals surface area contributed by atoms with E-state index in [-0.39, 0.29) is 5.75 Å². The van der Waals surface area contributed by atoms with Crippen molar-refractivity contribution >= 4 is 43.1 Å². The summed E-state index contributed by atoms with van der Waals surface area (Å²) in [7, 11) is 3.26. The molecule has 3 heteroatoms. The molecule has 0 aliphatic rings. The van der Waals surface area contributed by atoms with Gasteiger partial charge in [0.15, 0.2) is 0 Å². The minimum Gasteiger partial charge on any atom is -0.508 e. The van der Waals surface area contributed by atoms with Crippen molar-refractivity contribution in [2.75, 3.05) is 14.2 Å². The number of fused-ring (bicyclic) bond motifs is 7. The maximum Gasteiger partial charge on any atom is 0.134 e. The van der Waals surface area contributed by atoms with Crippen LogP contribution in [0.2, 0.25) is 0 Å². The molecule has 1 N–H and O–H groups in total. The van der Waals surface area contributed by atoms with Crippen molar-refractivity contribution in [3.63, 3.8) is 0 Å². The van der Waals surface area contributed by atoms with Crippen LogP contribution < -0.4 is 9.47 Å². The fourth-order valence-electron chi connectivity index (χ4n) is 4.09. The van der Waals surface area contributed by atoms with E-state index in [1.807, 2.05) is 0 Å². The van der Waals surface area contributed by atoms with Crippen molar-refractivity contribution in [2.24, 2.45) is 0 Å². The van der Waals surface area contributed by atoms with Crippen LogP contribution in [0.25, 0.3) is 43.1 Å². The maximum absolute atomic E-state index is 10.2. The van der Waals surface area contributed by atoms with Crippen LogP contribution in [0.4, 0.5) is 0 Å². The number of phenolic OH excluding ortho intramolecular Hbond substituents is 1. The Morgan fingerprint density at radius 1 is 0.593 bits per heavy atom. The summed E-state index contributed by atoms with van der Waals surface area (Å²) >= 11 is 0. The molecule has 0 saturated heterocycles.